The molecule has 0 saturated heterocycles. The van der Waals surface area contributed by atoms with Crippen LogP contribution >= 0.6 is 0 Å². The fraction of sp³-hybridized carbons (Fsp3) is 0.133. The molecule has 0 atom stereocenters. The molecule has 0 aliphatic rings. The van der Waals surface area contributed by atoms with Crippen LogP contribution in [-0.4, -0.2) is 20.9 Å². The fourth-order valence-electron chi connectivity index (χ4n) is 4.31. The zero-order chi connectivity index (χ0) is 28.2. The first-order chi connectivity index (χ1) is 19.2. The molecular formula is C30H27FN8O. The number of anilines is 5. The number of nitrogens with zero attached hydrogens (tertiary/aromatic N) is 5. The Labute approximate surface area is 230 Å². The quantitative estimate of drug-likeness (QED) is 0.182. The Morgan fingerprint density at radius 1 is 0.750 bits per heavy atom. The smallest absolute Gasteiger partial charge is 0.315 e. The third-order valence-corrected chi connectivity index (χ3v) is 6.12. The van der Waals surface area contributed by atoms with Crippen LogP contribution in [0.25, 0.3) is 10.8 Å². The Bertz CT molecular complexity index is 1770. The average molecular weight is 535 g/mol. The van der Waals surface area contributed by atoms with Crippen LogP contribution in [0.1, 0.15) is 23.6 Å². The molecule has 1 amide bonds. The first-order valence-corrected chi connectivity index (χ1v) is 12.6. The van der Waals surface area contributed by atoms with Gasteiger partial charge in [0.25, 0.3) is 0 Å². The lowest BCUT2D eigenvalue weighted by Gasteiger charge is -2.11. The maximum Gasteiger partial charge on any atom is 0.315 e. The second-order valence-electron chi connectivity index (χ2n) is 9.42. The molecule has 4 aromatic carbocycles. The molecule has 0 bridgehead atoms. The third-order valence-electron chi connectivity index (χ3n) is 6.12. The van der Waals surface area contributed by atoms with E-state index in [2.05, 4.69) is 60.2 Å². The molecule has 3 N–H and O–H groups in total. The number of halogens is 1. The topological polar surface area (TPSA) is 117 Å². The van der Waals surface area contributed by atoms with Crippen LogP contribution in [0.15, 0.2) is 83.0 Å². The van der Waals surface area contributed by atoms with Crippen molar-refractivity contribution in [2.45, 2.75) is 27.7 Å². The monoisotopic (exact) mass is 534 g/mol. The van der Waals surface area contributed by atoms with Gasteiger partial charge in [-0.1, -0.05) is 30.3 Å². The van der Waals surface area contributed by atoms with Crippen LogP contribution in [0.4, 0.5) is 44.7 Å². The molecule has 0 unspecified atom stereocenters. The fourth-order valence-corrected chi connectivity index (χ4v) is 4.31. The van der Waals surface area contributed by atoms with Gasteiger partial charge in [0.1, 0.15) is 5.69 Å². The average Bonchev–Trinajstić information content (AvgIpc) is 2.88. The minimum atomic E-state index is -0.943. The van der Waals surface area contributed by atoms with E-state index in [1.165, 1.54) is 12.3 Å². The molecule has 9 nitrogen and oxygen atoms in total. The van der Waals surface area contributed by atoms with Gasteiger partial charge in [-0.2, -0.15) is 24.5 Å². The minimum absolute atomic E-state index is 0.00665. The van der Waals surface area contributed by atoms with E-state index in [4.69, 9.17) is 0 Å². The maximum absolute atomic E-state index is 14.2. The maximum atomic E-state index is 14.2. The van der Waals surface area contributed by atoms with Gasteiger partial charge < -0.3 is 16.0 Å². The second kappa shape index (κ2) is 11.2. The van der Waals surface area contributed by atoms with Crippen LogP contribution in [0, 0.1) is 26.8 Å². The van der Waals surface area contributed by atoms with Crippen LogP contribution in [0.5, 0.6) is 0 Å². The van der Waals surface area contributed by atoms with Crippen molar-refractivity contribution < 1.29 is 9.18 Å². The highest BCUT2D eigenvalue weighted by Gasteiger charge is 2.11. The minimum Gasteiger partial charge on any atom is -0.324 e. The highest BCUT2D eigenvalue weighted by molar-refractivity contribution is 5.93. The third kappa shape index (κ3) is 6.24. The number of azo groups is 1. The standard InChI is InChI=1S/C30H27FN8O/c1-17-7-5-9-21(13-17)33-29-35-28(31)36-30(37-29)34-22-11-12-26(27(16-22)32-20(4)40)39-38-23-14-19(3)24-10-6-8-18(2)25(24)15-23/h5-16H,1-4H3,(H,32,40)(H2,33,34,35,36,37). The number of carbonyl (C=O) groups is 1. The largest absolute Gasteiger partial charge is 0.324 e. The van der Waals surface area contributed by atoms with Crippen molar-refractivity contribution in [2.75, 3.05) is 16.0 Å². The molecule has 0 spiro atoms. The van der Waals surface area contributed by atoms with Gasteiger partial charge in [-0.25, -0.2) is 0 Å². The Kier molecular flexibility index (Phi) is 7.41. The van der Waals surface area contributed by atoms with Crippen LogP contribution < -0.4 is 16.0 Å². The van der Waals surface area contributed by atoms with Gasteiger partial charge in [-0.3, -0.25) is 4.79 Å². The molecule has 1 aromatic heterocycles. The van der Waals surface area contributed by atoms with E-state index in [1.54, 1.807) is 18.2 Å². The first kappa shape index (κ1) is 26.4. The molecular weight excluding hydrogens is 507 g/mol. The lowest BCUT2D eigenvalue weighted by Crippen LogP contribution is -2.08. The number of rotatable bonds is 7. The second-order valence-corrected chi connectivity index (χ2v) is 9.42. The van der Waals surface area contributed by atoms with E-state index in [0.29, 0.717) is 22.7 Å². The van der Waals surface area contributed by atoms with E-state index in [-0.39, 0.29) is 17.8 Å². The first-order valence-electron chi connectivity index (χ1n) is 12.6. The molecule has 200 valence electrons. The number of hydrogen-bond acceptors (Lipinski definition) is 8. The number of carbonyl (C=O) groups excluding carboxylic acids is 1. The molecule has 0 radical (unpaired) electrons. The summed E-state index contributed by atoms with van der Waals surface area (Å²) in [5, 5.41) is 19.8. The molecule has 0 aliphatic carbocycles. The summed E-state index contributed by atoms with van der Waals surface area (Å²) in [5.41, 5.74) is 6.07. The lowest BCUT2D eigenvalue weighted by atomic mass is 10.0. The molecule has 10 heteroatoms. The van der Waals surface area contributed by atoms with Crippen molar-refractivity contribution in [3.8, 4) is 0 Å². The number of amides is 1. The molecule has 0 fully saturated rings. The van der Waals surface area contributed by atoms with Gasteiger partial charge in [0.2, 0.25) is 17.8 Å². The summed E-state index contributed by atoms with van der Waals surface area (Å²) in [6, 6.07) is 22.7. The summed E-state index contributed by atoms with van der Waals surface area (Å²) >= 11 is 0. The zero-order valence-corrected chi connectivity index (χ0v) is 22.5. The normalized spacial score (nSPS) is 11.1. The summed E-state index contributed by atoms with van der Waals surface area (Å²) in [6.45, 7) is 7.45. The highest BCUT2D eigenvalue weighted by Crippen LogP contribution is 2.33. The predicted octanol–water partition coefficient (Wildman–Crippen LogP) is 7.95. The summed E-state index contributed by atoms with van der Waals surface area (Å²) in [6.07, 6.45) is -0.943. The Morgan fingerprint density at radius 3 is 2.20 bits per heavy atom. The zero-order valence-electron chi connectivity index (χ0n) is 22.5. The number of aromatic nitrogens is 3. The summed E-state index contributed by atoms with van der Waals surface area (Å²) < 4.78 is 14.2. The Morgan fingerprint density at radius 2 is 1.48 bits per heavy atom. The number of fused-ring (bicyclic) bond motifs is 1. The van der Waals surface area contributed by atoms with Crippen LogP contribution in [0.3, 0.4) is 0 Å². The van der Waals surface area contributed by atoms with Crippen molar-refractivity contribution in [3.63, 3.8) is 0 Å². The number of nitrogens with one attached hydrogen (secondary N) is 3. The van der Waals surface area contributed by atoms with Crippen molar-refractivity contribution in [1.82, 2.24) is 15.0 Å². The molecule has 40 heavy (non-hydrogen) atoms. The van der Waals surface area contributed by atoms with E-state index >= 15 is 0 Å². The van der Waals surface area contributed by atoms with Gasteiger partial charge >= 0.3 is 6.08 Å². The molecule has 0 aliphatic heterocycles. The van der Waals surface area contributed by atoms with Crippen molar-refractivity contribution in [3.05, 3.63) is 95.6 Å². The van der Waals surface area contributed by atoms with Gasteiger partial charge in [0, 0.05) is 18.3 Å². The molecule has 5 rings (SSSR count). The van der Waals surface area contributed by atoms with Gasteiger partial charge in [0.05, 0.1) is 11.4 Å². The van der Waals surface area contributed by atoms with Gasteiger partial charge in [0.15, 0.2) is 0 Å². The summed E-state index contributed by atoms with van der Waals surface area (Å²) in [7, 11) is 0. The van der Waals surface area contributed by atoms with Gasteiger partial charge in [-0.15, -0.1) is 5.11 Å². The molecule has 5 aromatic rings. The number of benzene rings is 4. The van der Waals surface area contributed by atoms with Crippen LogP contribution in [-0.2, 0) is 4.79 Å². The van der Waals surface area contributed by atoms with E-state index < -0.39 is 6.08 Å². The van der Waals surface area contributed by atoms with E-state index in [1.807, 2.05) is 56.3 Å². The Balaban J connectivity index is 1.41. The van der Waals surface area contributed by atoms with Gasteiger partial charge in [-0.05, 0) is 90.7 Å². The number of hydrogen-bond donors (Lipinski definition) is 3. The summed E-state index contributed by atoms with van der Waals surface area (Å²) in [4.78, 5) is 23.7. The van der Waals surface area contributed by atoms with Crippen molar-refractivity contribution >= 4 is 57.0 Å². The number of aryl methyl sites for hydroxylation is 3. The van der Waals surface area contributed by atoms with Crippen LogP contribution in [0.2, 0.25) is 0 Å². The highest BCUT2D eigenvalue weighted by atomic mass is 19.1. The SMILES string of the molecule is CC(=O)Nc1cc(Nc2nc(F)nc(Nc3cccc(C)c3)n2)ccc1N=Nc1cc(C)c2cccc(C)c2c1. The molecule has 1 heterocycles. The Hall–Kier alpha value is -5.25. The lowest BCUT2D eigenvalue weighted by molar-refractivity contribution is -0.114. The molecule has 0 saturated carbocycles. The van der Waals surface area contributed by atoms with Crippen molar-refractivity contribution in [2.24, 2.45) is 10.2 Å². The van der Waals surface area contributed by atoms with E-state index in [0.717, 1.165) is 27.8 Å². The van der Waals surface area contributed by atoms with Crippen molar-refractivity contribution in [1.29, 1.82) is 0 Å². The van der Waals surface area contributed by atoms with E-state index in [9.17, 15) is 9.18 Å². The summed E-state index contributed by atoms with van der Waals surface area (Å²) in [5.74, 6) is -0.233. The predicted molar refractivity (Wildman–Crippen MR) is 156 cm³/mol.